The van der Waals surface area contributed by atoms with Crippen molar-refractivity contribution < 1.29 is 0 Å². The third-order valence-electron chi connectivity index (χ3n) is 3.83. The van der Waals surface area contributed by atoms with E-state index in [-0.39, 0.29) is 0 Å². The lowest BCUT2D eigenvalue weighted by molar-refractivity contribution is 0.178. The highest BCUT2D eigenvalue weighted by molar-refractivity contribution is 7.80. The topological polar surface area (TPSA) is 29.3 Å². The van der Waals surface area contributed by atoms with E-state index in [4.69, 9.17) is 18.0 Å². The Morgan fingerprint density at radius 1 is 1.29 bits per heavy atom. The van der Waals surface area contributed by atoms with Crippen LogP contribution in [0, 0.1) is 11.8 Å². The van der Waals surface area contributed by atoms with Gasteiger partial charge in [-0.2, -0.15) is 0 Å². The maximum Gasteiger partial charge on any atom is 0.0768 e. The molecule has 17 heavy (non-hydrogen) atoms. The standard InChI is InChI=1S/C14H28N2S/c1-11(2)8-9-16(10-12(3)14(15)17)13-6-4-5-7-13/h11-13H,4-10H2,1-3H3,(H2,15,17). The molecule has 100 valence electrons. The fourth-order valence-electron chi connectivity index (χ4n) is 2.56. The Kier molecular flexibility index (Phi) is 6.42. The zero-order valence-electron chi connectivity index (χ0n) is 11.6. The first-order valence-corrected chi connectivity index (χ1v) is 7.45. The minimum atomic E-state index is 0.345. The zero-order valence-corrected chi connectivity index (χ0v) is 12.4. The van der Waals surface area contributed by atoms with Crippen LogP contribution in [-0.2, 0) is 0 Å². The Morgan fingerprint density at radius 2 is 1.88 bits per heavy atom. The van der Waals surface area contributed by atoms with Crippen LogP contribution in [0.5, 0.6) is 0 Å². The van der Waals surface area contributed by atoms with Crippen LogP contribution < -0.4 is 5.73 Å². The molecule has 0 aliphatic heterocycles. The molecule has 2 N–H and O–H groups in total. The van der Waals surface area contributed by atoms with E-state index in [0.717, 1.165) is 18.5 Å². The molecular formula is C14H28N2S. The SMILES string of the molecule is CC(C)CCN(CC(C)C(N)=S)C1CCCC1. The lowest BCUT2D eigenvalue weighted by atomic mass is 10.1. The van der Waals surface area contributed by atoms with Gasteiger partial charge in [-0.25, -0.2) is 0 Å². The molecule has 0 amide bonds. The number of hydrogen-bond donors (Lipinski definition) is 1. The zero-order chi connectivity index (χ0) is 12.8. The van der Waals surface area contributed by atoms with Crippen LogP contribution >= 0.6 is 12.2 Å². The fourth-order valence-corrected chi connectivity index (χ4v) is 2.63. The van der Waals surface area contributed by atoms with Gasteiger partial charge in [0.25, 0.3) is 0 Å². The number of nitrogens with two attached hydrogens (primary N) is 1. The second-order valence-corrected chi connectivity index (χ2v) is 6.39. The number of rotatable bonds is 7. The van der Waals surface area contributed by atoms with Gasteiger partial charge in [0.05, 0.1) is 4.99 Å². The van der Waals surface area contributed by atoms with Crippen molar-refractivity contribution >= 4 is 17.2 Å². The van der Waals surface area contributed by atoms with Gasteiger partial charge in [0.1, 0.15) is 0 Å². The summed E-state index contributed by atoms with van der Waals surface area (Å²) in [5.74, 6) is 1.12. The predicted molar refractivity (Wildman–Crippen MR) is 79.2 cm³/mol. The summed E-state index contributed by atoms with van der Waals surface area (Å²) in [5.41, 5.74) is 5.74. The Bertz CT molecular complexity index is 234. The van der Waals surface area contributed by atoms with E-state index in [1.54, 1.807) is 0 Å². The van der Waals surface area contributed by atoms with Gasteiger partial charge in [0.15, 0.2) is 0 Å². The summed E-state index contributed by atoms with van der Waals surface area (Å²) >= 11 is 5.10. The second kappa shape index (κ2) is 7.32. The maximum absolute atomic E-state index is 5.74. The van der Waals surface area contributed by atoms with E-state index < -0.39 is 0 Å². The molecule has 1 unspecified atom stereocenters. The molecule has 1 fully saturated rings. The van der Waals surface area contributed by atoms with Gasteiger partial charge in [0.2, 0.25) is 0 Å². The van der Waals surface area contributed by atoms with E-state index in [1.165, 1.54) is 38.6 Å². The predicted octanol–water partition coefficient (Wildman–Crippen LogP) is 3.20. The summed E-state index contributed by atoms with van der Waals surface area (Å²) in [6.45, 7) is 9.00. The van der Waals surface area contributed by atoms with Gasteiger partial charge < -0.3 is 5.73 Å². The molecule has 0 heterocycles. The van der Waals surface area contributed by atoms with Gasteiger partial charge in [-0.05, 0) is 31.7 Å². The molecule has 3 heteroatoms. The van der Waals surface area contributed by atoms with Crippen LogP contribution in [-0.4, -0.2) is 29.0 Å². The quantitative estimate of drug-likeness (QED) is 0.709. The first-order valence-electron chi connectivity index (χ1n) is 7.04. The molecular weight excluding hydrogens is 228 g/mol. The Hall–Kier alpha value is -0.150. The summed E-state index contributed by atoms with van der Waals surface area (Å²) in [5, 5.41) is 0. The largest absolute Gasteiger partial charge is 0.393 e. The lowest BCUT2D eigenvalue weighted by Crippen LogP contribution is -2.40. The van der Waals surface area contributed by atoms with Crippen molar-refractivity contribution in [1.82, 2.24) is 4.90 Å². The van der Waals surface area contributed by atoms with Crippen molar-refractivity contribution in [2.24, 2.45) is 17.6 Å². The van der Waals surface area contributed by atoms with E-state index in [2.05, 4.69) is 25.7 Å². The number of hydrogen-bond acceptors (Lipinski definition) is 2. The van der Waals surface area contributed by atoms with Crippen molar-refractivity contribution in [3.8, 4) is 0 Å². The monoisotopic (exact) mass is 256 g/mol. The molecule has 1 saturated carbocycles. The highest BCUT2D eigenvalue weighted by atomic mass is 32.1. The molecule has 1 aliphatic rings. The van der Waals surface area contributed by atoms with Crippen LogP contribution in [0.1, 0.15) is 52.9 Å². The van der Waals surface area contributed by atoms with Gasteiger partial charge in [-0.15, -0.1) is 0 Å². The van der Waals surface area contributed by atoms with E-state index in [9.17, 15) is 0 Å². The number of nitrogens with zero attached hydrogens (tertiary/aromatic N) is 1. The summed E-state index contributed by atoms with van der Waals surface area (Å²) in [4.78, 5) is 3.30. The smallest absolute Gasteiger partial charge is 0.0768 e. The summed E-state index contributed by atoms with van der Waals surface area (Å²) < 4.78 is 0. The Morgan fingerprint density at radius 3 is 2.35 bits per heavy atom. The Balaban J connectivity index is 2.48. The molecule has 0 spiro atoms. The van der Waals surface area contributed by atoms with Crippen molar-refractivity contribution in [3.05, 3.63) is 0 Å². The van der Waals surface area contributed by atoms with Crippen LogP contribution in [0.2, 0.25) is 0 Å². The normalized spacial score (nSPS) is 19.1. The van der Waals surface area contributed by atoms with Gasteiger partial charge in [0, 0.05) is 18.5 Å². The van der Waals surface area contributed by atoms with Crippen molar-refractivity contribution in [1.29, 1.82) is 0 Å². The average molecular weight is 256 g/mol. The van der Waals surface area contributed by atoms with Gasteiger partial charge in [-0.3, -0.25) is 4.90 Å². The summed E-state index contributed by atoms with van der Waals surface area (Å²) in [6, 6.07) is 0.783. The highest BCUT2D eigenvalue weighted by Crippen LogP contribution is 2.25. The third kappa shape index (κ3) is 5.35. The van der Waals surface area contributed by atoms with Crippen LogP contribution in [0.4, 0.5) is 0 Å². The first-order chi connectivity index (χ1) is 8.00. The van der Waals surface area contributed by atoms with E-state index in [0.29, 0.717) is 10.9 Å². The molecule has 0 bridgehead atoms. The van der Waals surface area contributed by atoms with Crippen molar-refractivity contribution in [2.75, 3.05) is 13.1 Å². The molecule has 2 nitrogen and oxygen atoms in total. The lowest BCUT2D eigenvalue weighted by Gasteiger charge is -2.31. The molecule has 0 saturated heterocycles. The third-order valence-corrected chi connectivity index (χ3v) is 4.23. The van der Waals surface area contributed by atoms with E-state index >= 15 is 0 Å². The van der Waals surface area contributed by atoms with Crippen LogP contribution in [0.25, 0.3) is 0 Å². The van der Waals surface area contributed by atoms with Gasteiger partial charge >= 0.3 is 0 Å². The van der Waals surface area contributed by atoms with Crippen molar-refractivity contribution in [3.63, 3.8) is 0 Å². The molecule has 0 radical (unpaired) electrons. The summed E-state index contributed by atoms with van der Waals surface area (Å²) in [6.07, 6.45) is 6.79. The summed E-state index contributed by atoms with van der Waals surface area (Å²) in [7, 11) is 0. The Labute approximate surface area is 112 Å². The molecule has 0 aromatic carbocycles. The minimum absolute atomic E-state index is 0.345. The minimum Gasteiger partial charge on any atom is -0.393 e. The van der Waals surface area contributed by atoms with Crippen molar-refractivity contribution in [2.45, 2.75) is 58.9 Å². The van der Waals surface area contributed by atoms with Crippen LogP contribution in [0.3, 0.4) is 0 Å². The molecule has 1 rings (SSSR count). The highest BCUT2D eigenvalue weighted by Gasteiger charge is 2.24. The second-order valence-electron chi connectivity index (χ2n) is 5.92. The fraction of sp³-hybridized carbons (Fsp3) is 0.929. The first kappa shape index (κ1) is 14.9. The molecule has 1 aliphatic carbocycles. The van der Waals surface area contributed by atoms with E-state index in [1.807, 2.05) is 0 Å². The number of thiocarbonyl (C=S) groups is 1. The molecule has 0 aromatic rings. The maximum atomic E-state index is 5.74. The molecule has 1 atom stereocenters. The molecule has 0 aromatic heterocycles. The van der Waals surface area contributed by atoms with Gasteiger partial charge in [-0.1, -0.05) is 45.8 Å². The average Bonchev–Trinajstić information content (AvgIpc) is 2.76. The van der Waals surface area contributed by atoms with Crippen LogP contribution in [0.15, 0.2) is 0 Å².